The molecular weight excluding hydrogens is 246 g/mol. The zero-order chi connectivity index (χ0) is 14.5. The highest BCUT2D eigenvalue weighted by Gasteiger charge is 2.14. The average Bonchev–Trinajstić information content (AvgIpc) is 2.49. The third kappa shape index (κ3) is 8.97. The third-order valence-electron chi connectivity index (χ3n) is 4.64. The van der Waals surface area contributed by atoms with Crippen LogP contribution in [0.5, 0.6) is 0 Å². The van der Waals surface area contributed by atoms with E-state index in [1.54, 1.807) is 0 Å². The van der Waals surface area contributed by atoms with Gasteiger partial charge in [-0.2, -0.15) is 0 Å². The number of unbranched alkanes of at least 4 members (excludes halogenated alkanes) is 5. The monoisotopic (exact) mass is 283 g/mol. The minimum absolute atomic E-state index is 0.941. The third-order valence-corrected chi connectivity index (χ3v) is 4.64. The summed E-state index contributed by atoms with van der Waals surface area (Å²) in [6.45, 7) is 10.1. The largest absolute Gasteiger partial charge is 0.379 e. The van der Waals surface area contributed by atoms with Gasteiger partial charge >= 0.3 is 0 Å². The van der Waals surface area contributed by atoms with Gasteiger partial charge in [-0.1, -0.05) is 71.6 Å². The molecule has 0 saturated carbocycles. The van der Waals surface area contributed by atoms with Gasteiger partial charge in [0.1, 0.15) is 0 Å². The van der Waals surface area contributed by atoms with Crippen molar-refractivity contribution in [1.82, 2.24) is 4.90 Å². The van der Waals surface area contributed by atoms with Crippen LogP contribution in [0.25, 0.3) is 0 Å². The summed E-state index contributed by atoms with van der Waals surface area (Å²) in [4.78, 5) is 2.60. The molecule has 1 atom stereocenters. The minimum Gasteiger partial charge on any atom is -0.379 e. The Kier molecular flexibility index (Phi) is 11.4. The van der Waals surface area contributed by atoms with Gasteiger partial charge in [0.2, 0.25) is 0 Å². The summed E-state index contributed by atoms with van der Waals surface area (Å²) in [5.74, 6) is 0.973. The summed E-state index contributed by atoms with van der Waals surface area (Å²) >= 11 is 0. The molecule has 1 heterocycles. The number of ether oxygens (including phenoxy) is 1. The summed E-state index contributed by atoms with van der Waals surface area (Å²) in [7, 11) is 0. The molecule has 1 fully saturated rings. The molecule has 2 nitrogen and oxygen atoms in total. The van der Waals surface area contributed by atoms with Crippen molar-refractivity contribution >= 4 is 0 Å². The molecule has 1 saturated heterocycles. The van der Waals surface area contributed by atoms with Crippen LogP contribution in [0, 0.1) is 5.92 Å². The number of nitrogens with zero attached hydrogens (tertiary/aromatic N) is 1. The van der Waals surface area contributed by atoms with Crippen LogP contribution in [0.4, 0.5) is 0 Å². The fourth-order valence-corrected chi connectivity index (χ4v) is 3.17. The Labute approximate surface area is 127 Å². The normalized spacial score (nSPS) is 18.3. The maximum Gasteiger partial charge on any atom is 0.0594 e. The number of hydrogen-bond acceptors (Lipinski definition) is 2. The van der Waals surface area contributed by atoms with E-state index in [1.165, 1.54) is 70.8 Å². The van der Waals surface area contributed by atoms with Crippen LogP contribution < -0.4 is 0 Å². The quantitative estimate of drug-likeness (QED) is 0.473. The first-order valence-corrected chi connectivity index (χ1v) is 9.16. The summed E-state index contributed by atoms with van der Waals surface area (Å²) < 4.78 is 5.44. The molecule has 0 spiro atoms. The molecule has 0 radical (unpaired) electrons. The zero-order valence-electron chi connectivity index (χ0n) is 14.0. The summed E-state index contributed by atoms with van der Waals surface area (Å²) in [6.07, 6.45) is 14.2. The van der Waals surface area contributed by atoms with Crippen LogP contribution >= 0.6 is 0 Å². The van der Waals surface area contributed by atoms with Crippen LogP contribution in [0.1, 0.15) is 78.1 Å². The van der Waals surface area contributed by atoms with E-state index in [0.29, 0.717) is 0 Å². The van der Waals surface area contributed by atoms with Crippen LogP contribution in [-0.2, 0) is 4.74 Å². The molecule has 0 N–H and O–H groups in total. The van der Waals surface area contributed by atoms with Crippen molar-refractivity contribution in [2.45, 2.75) is 78.1 Å². The van der Waals surface area contributed by atoms with Gasteiger partial charge in [0.05, 0.1) is 13.2 Å². The predicted molar refractivity (Wildman–Crippen MR) is 88.3 cm³/mol. The first-order chi connectivity index (χ1) is 9.86. The van der Waals surface area contributed by atoms with Crippen LogP contribution in [0.3, 0.4) is 0 Å². The van der Waals surface area contributed by atoms with Crippen molar-refractivity contribution in [3.8, 4) is 0 Å². The summed E-state index contributed by atoms with van der Waals surface area (Å²) in [6, 6.07) is 0. The van der Waals surface area contributed by atoms with Gasteiger partial charge < -0.3 is 4.74 Å². The number of rotatable bonds is 12. The van der Waals surface area contributed by atoms with E-state index in [9.17, 15) is 0 Å². The van der Waals surface area contributed by atoms with E-state index in [4.69, 9.17) is 4.74 Å². The molecule has 120 valence electrons. The number of hydrogen-bond donors (Lipinski definition) is 0. The molecule has 0 aromatic heterocycles. The van der Waals surface area contributed by atoms with Gasteiger partial charge in [-0.3, -0.25) is 4.90 Å². The Hall–Kier alpha value is -0.0800. The maximum atomic E-state index is 5.44. The highest BCUT2D eigenvalue weighted by Crippen LogP contribution is 2.21. The molecule has 0 aromatic rings. The second-order valence-corrected chi connectivity index (χ2v) is 6.45. The van der Waals surface area contributed by atoms with Crippen molar-refractivity contribution in [2.24, 2.45) is 5.92 Å². The van der Waals surface area contributed by atoms with Crippen molar-refractivity contribution in [2.75, 3.05) is 32.8 Å². The average molecular weight is 284 g/mol. The van der Waals surface area contributed by atoms with E-state index in [-0.39, 0.29) is 0 Å². The lowest BCUT2D eigenvalue weighted by Crippen LogP contribution is -2.37. The summed E-state index contributed by atoms with van der Waals surface area (Å²) in [5, 5.41) is 0. The predicted octanol–water partition coefficient (Wildman–Crippen LogP) is 4.88. The Balaban J connectivity index is 2.17. The van der Waals surface area contributed by atoms with Crippen molar-refractivity contribution in [3.63, 3.8) is 0 Å². The lowest BCUT2D eigenvalue weighted by molar-refractivity contribution is 0.0349. The lowest BCUT2D eigenvalue weighted by Gasteiger charge is -2.28. The molecule has 0 aromatic carbocycles. The SMILES string of the molecule is CCCCCCC(CCCCC)CCN1CCOCC1. The molecule has 1 unspecified atom stereocenters. The van der Waals surface area contributed by atoms with Crippen LogP contribution in [-0.4, -0.2) is 37.7 Å². The van der Waals surface area contributed by atoms with Crippen molar-refractivity contribution in [1.29, 1.82) is 0 Å². The second kappa shape index (κ2) is 12.6. The molecule has 1 aliphatic rings. The van der Waals surface area contributed by atoms with Gasteiger partial charge in [0.15, 0.2) is 0 Å². The van der Waals surface area contributed by atoms with Gasteiger partial charge in [0.25, 0.3) is 0 Å². The topological polar surface area (TPSA) is 12.5 Å². The van der Waals surface area contributed by atoms with Gasteiger partial charge in [-0.05, 0) is 18.9 Å². The minimum atomic E-state index is 0.941. The first-order valence-electron chi connectivity index (χ1n) is 9.16. The standard InChI is InChI=1S/C18H37NO/c1-3-5-7-9-11-18(10-8-6-4-2)12-13-19-14-16-20-17-15-19/h18H,3-17H2,1-2H3. The van der Waals surface area contributed by atoms with E-state index < -0.39 is 0 Å². The Bertz CT molecular complexity index is 202. The molecule has 0 amide bonds. The van der Waals surface area contributed by atoms with Crippen LogP contribution in [0.15, 0.2) is 0 Å². The Morgan fingerprint density at radius 3 is 2.05 bits per heavy atom. The van der Waals surface area contributed by atoms with Gasteiger partial charge in [-0.25, -0.2) is 0 Å². The molecule has 1 aliphatic heterocycles. The highest BCUT2D eigenvalue weighted by molar-refractivity contribution is 4.67. The molecular formula is C18H37NO. The maximum absolute atomic E-state index is 5.44. The summed E-state index contributed by atoms with van der Waals surface area (Å²) in [5.41, 5.74) is 0. The van der Waals surface area contributed by atoms with E-state index >= 15 is 0 Å². The Morgan fingerprint density at radius 1 is 0.800 bits per heavy atom. The zero-order valence-corrected chi connectivity index (χ0v) is 14.0. The fraction of sp³-hybridized carbons (Fsp3) is 1.00. The van der Waals surface area contributed by atoms with Crippen molar-refractivity contribution < 1.29 is 4.74 Å². The van der Waals surface area contributed by atoms with Crippen LogP contribution in [0.2, 0.25) is 0 Å². The smallest absolute Gasteiger partial charge is 0.0594 e. The van der Waals surface area contributed by atoms with Gasteiger partial charge in [-0.15, -0.1) is 0 Å². The first kappa shape index (κ1) is 18.0. The van der Waals surface area contributed by atoms with Crippen molar-refractivity contribution in [3.05, 3.63) is 0 Å². The van der Waals surface area contributed by atoms with E-state index in [0.717, 1.165) is 32.2 Å². The second-order valence-electron chi connectivity index (χ2n) is 6.45. The Morgan fingerprint density at radius 2 is 1.40 bits per heavy atom. The number of morpholine rings is 1. The molecule has 20 heavy (non-hydrogen) atoms. The molecule has 0 bridgehead atoms. The fourth-order valence-electron chi connectivity index (χ4n) is 3.17. The molecule has 1 rings (SSSR count). The van der Waals surface area contributed by atoms with Gasteiger partial charge in [0, 0.05) is 13.1 Å². The van der Waals surface area contributed by atoms with E-state index in [1.807, 2.05) is 0 Å². The molecule has 0 aliphatic carbocycles. The molecule has 2 heteroatoms. The van der Waals surface area contributed by atoms with E-state index in [2.05, 4.69) is 18.7 Å². The highest BCUT2D eigenvalue weighted by atomic mass is 16.5. The lowest BCUT2D eigenvalue weighted by atomic mass is 9.91.